The van der Waals surface area contributed by atoms with Crippen molar-refractivity contribution < 1.29 is 9.53 Å². The van der Waals surface area contributed by atoms with Crippen molar-refractivity contribution in [3.63, 3.8) is 0 Å². The summed E-state index contributed by atoms with van der Waals surface area (Å²) in [5.74, 6) is 0.678. The molecule has 0 aliphatic heterocycles. The maximum Gasteiger partial charge on any atom is 0.168 e. The van der Waals surface area contributed by atoms with E-state index in [0.29, 0.717) is 24.3 Å². The molecule has 0 amide bonds. The van der Waals surface area contributed by atoms with E-state index in [0.717, 1.165) is 15.6 Å². The molecule has 0 unspecified atom stereocenters. The summed E-state index contributed by atoms with van der Waals surface area (Å²) < 4.78 is 6.26. The van der Waals surface area contributed by atoms with E-state index >= 15 is 0 Å². The van der Waals surface area contributed by atoms with Gasteiger partial charge in [0.15, 0.2) is 5.78 Å². The van der Waals surface area contributed by atoms with Gasteiger partial charge in [-0.05, 0) is 32.0 Å². The number of hydrogen-bond acceptors (Lipinski definition) is 3. The van der Waals surface area contributed by atoms with Crippen molar-refractivity contribution in [3.05, 3.63) is 27.2 Å². The highest BCUT2D eigenvalue weighted by atomic mass is 79.9. The molecule has 0 radical (unpaired) electrons. The Hall–Kier alpha value is -0.870. The Kier molecular flexibility index (Phi) is 4.50. The van der Waals surface area contributed by atoms with Gasteiger partial charge in [-0.2, -0.15) is 0 Å². The van der Waals surface area contributed by atoms with Gasteiger partial charge in [-0.15, -0.1) is 0 Å². The molecular weight excluding hydrogens is 270 g/mol. The summed E-state index contributed by atoms with van der Waals surface area (Å²) in [5.41, 5.74) is 7.90. The maximum atomic E-state index is 11.9. The van der Waals surface area contributed by atoms with Crippen LogP contribution < -0.4 is 10.5 Å². The quantitative estimate of drug-likeness (QED) is 0.866. The number of ketones is 1. The summed E-state index contributed by atoms with van der Waals surface area (Å²) in [6, 6.07) is 1.93. The molecule has 16 heavy (non-hydrogen) atoms. The lowest BCUT2D eigenvalue weighted by Crippen LogP contribution is -2.11. The number of ether oxygens (including phenoxy) is 1. The van der Waals surface area contributed by atoms with Crippen LogP contribution in [0.25, 0.3) is 0 Å². The van der Waals surface area contributed by atoms with Crippen molar-refractivity contribution >= 4 is 21.7 Å². The van der Waals surface area contributed by atoms with Crippen LogP contribution in [-0.4, -0.2) is 19.4 Å². The van der Waals surface area contributed by atoms with Crippen LogP contribution in [0.3, 0.4) is 0 Å². The molecule has 0 aliphatic rings. The molecule has 4 heteroatoms. The van der Waals surface area contributed by atoms with Crippen molar-refractivity contribution in [3.8, 4) is 5.75 Å². The second kappa shape index (κ2) is 5.46. The first-order chi connectivity index (χ1) is 7.52. The van der Waals surface area contributed by atoms with E-state index in [1.807, 2.05) is 19.9 Å². The van der Waals surface area contributed by atoms with Crippen molar-refractivity contribution in [2.45, 2.75) is 20.3 Å². The van der Waals surface area contributed by atoms with E-state index < -0.39 is 0 Å². The number of aryl methyl sites for hydroxylation is 1. The zero-order chi connectivity index (χ0) is 12.3. The van der Waals surface area contributed by atoms with Crippen LogP contribution in [0.2, 0.25) is 0 Å². The number of hydrogen-bond donors (Lipinski definition) is 1. The van der Waals surface area contributed by atoms with E-state index in [1.54, 1.807) is 7.11 Å². The topological polar surface area (TPSA) is 52.3 Å². The molecule has 0 spiro atoms. The lowest BCUT2D eigenvalue weighted by atomic mass is 9.98. The zero-order valence-corrected chi connectivity index (χ0v) is 11.3. The molecule has 0 saturated heterocycles. The second-order valence-electron chi connectivity index (χ2n) is 3.67. The Bertz CT molecular complexity index is 416. The SMILES string of the molecule is COc1c(C)c(Br)cc(C)c1C(=O)CCN. The third kappa shape index (κ3) is 2.44. The van der Waals surface area contributed by atoms with Gasteiger partial charge in [-0.3, -0.25) is 4.79 Å². The van der Waals surface area contributed by atoms with E-state index in [4.69, 9.17) is 10.5 Å². The fourth-order valence-electron chi connectivity index (χ4n) is 1.70. The molecule has 0 bridgehead atoms. The molecule has 0 atom stereocenters. The van der Waals surface area contributed by atoms with E-state index in [9.17, 15) is 4.79 Å². The minimum atomic E-state index is 0.0347. The third-order valence-corrected chi connectivity index (χ3v) is 3.34. The molecular formula is C12H16BrNO2. The van der Waals surface area contributed by atoms with E-state index in [2.05, 4.69) is 15.9 Å². The van der Waals surface area contributed by atoms with Crippen LogP contribution in [-0.2, 0) is 0 Å². The van der Waals surface area contributed by atoms with Gasteiger partial charge in [0.1, 0.15) is 5.75 Å². The summed E-state index contributed by atoms with van der Waals surface area (Å²) in [6.45, 7) is 4.18. The Morgan fingerprint density at radius 1 is 1.50 bits per heavy atom. The maximum absolute atomic E-state index is 11.9. The van der Waals surface area contributed by atoms with Gasteiger partial charge in [-0.25, -0.2) is 0 Å². The highest BCUT2D eigenvalue weighted by molar-refractivity contribution is 9.10. The average Bonchev–Trinajstić information content (AvgIpc) is 2.23. The monoisotopic (exact) mass is 285 g/mol. The van der Waals surface area contributed by atoms with Gasteiger partial charge in [-0.1, -0.05) is 15.9 Å². The average molecular weight is 286 g/mol. The van der Waals surface area contributed by atoms with Crippen LogP contribution in [0.15, 0.2) is 10.5 Å². The molecule has 88 valence electrons. The lowest BCUT2D eigenvalue weighted by molar-refractivity contribution is 0.0981. The van der Waals surface area contributed by atoms with Crippen molar-refractivity contribution in [2.75, 3.05) is 13.7 Å². The van der Waals surface area contributed by atoms with Gasteiger partial charge < -0.3 is 10.5 Å². The van der Waals surface area contributed by atoms with Crippen LogP contribution in [0.1, 0.15) is 27.9 Å². The molecule has 0 aromatic heterocycles. The van der Waals surface area contributed by atoms with Crippen molar-refractivity contribution in [1.29, 1.82) is 0 Å². The molecule has 1 rings (SSSR count). The number of carbonyl (C=O) groups excluding carboxylic acids is 1. The molecule has 1 aromatic carbocycles. The van der Waals surface area contributed by atoms with Gasteiger partial charge in [0.05, 0.1) is 12.7 Å². The van der Waals surface area contributed by atoms with Gasteiger partial charge in [0.2, 0.25) is 0 Å². The summed E-state index contributed by atoms with van der Waals surface area (Å²) >= 11 is 3.44. The second-order valence-corrected chi connectivity index (χ2v) is 4.52. The molecule has 2 N–H and O–H groups in total. The number of nitrogens with two attached hydrogens (primary N) is 1. The standard InChI is InChI=1S/C12H16BrNO2/c1-7-6-9(13)8(2)12(16-3)11(7)10(15)4-5-14/h6H,4-5,14H2,1-3H3. The summed E-state index contributed by atoms with van der Waals surface area (Å²) in [6.07, 6.45) is 0.346. The summed E-state index contributed by atoms with van der Waals surface area (Å²) in [5, 5.41) is 0. The largest absolute Gasteiger partial charge is 0.496 e. The fraction of sp³-hybridized carbons (Fsp3) is 0.417. The molecule has 3 nitrogen and oxygen atoms in total. The Labute approximate surface area is 104 Å². The Morgan fingerprint density at radius 3 is 2.62 bits per heavy atom. The number of halogens is 1. The van der Waals surface area contributed by atoms with Crippen molar-refractivity contribution in [1.82, 2.24) is 0 Å². The zero-order valence-electron chi connectivity index (χ0n) is 9.76. The first-order valence-corrected chi connectivity index (χ1v) is 5.89. The van der Waals surface area contributed by atoms with Crippen molar-refractivity contribution in [2.24, 2.45) is 5.73 Å². The molecule has 0 heterocycles. The van der Waals surface area contributed by atoms with Crippen LogP contribution in [0.5, 0.6) is 5.75 Å². The highest BCUT2D eigenvalue weighted by Gasteiger charge is 2.18. The molecule has 0 fully saturated rings. The van der Waals surface area contributed by atoms with E-state index in [-0.39, 0.29) is 5.78 Å². The minimum Gasteiger partial charge on any atom is -0.496 e. The number of benzene rings is 1. The Morgan fingerprint density at radius 2 is 2.12 bits per heavy atom. The van der Waals surface area contributed by atoms with Crippen LogP contribution >= 0.6 is 15.9 Å². The number of Topliss-reactive ketones (excluding diaryl/α,β-unsaturated/α-hetero) is 1. The number of rotatable bonds is 4. The smallest absolute Gasteiger partial charge is 0.168 e. The van der Waals surface area contributed by atoms with Gasteiger partial charge in [0.25, 0.3) is 0 Å². The van der Waals surface area contributed by atoms with E-state index in [1.165, 1.54) is 0 Å². The normalized spacial score (nSPS) is 10.3. The molecule has 1 aromatic rings. The van der Waals surface area contributed by atoms with Crippen LogP contribution in [0, 0.1) is 13.8 Å². The van der Waals surface area contributed by atoms with Gasteiger partial charge >= 0.3 is 0 Å². The third-order valence-electron chi connectivity index (χ3n) is 2.52. The predicted molar refractivity (Wildman–Crippen MR) is 68.2 cm³/mol. The summed E-state index contributed by atoms with van der Waals surface area (Å²) in [4.78, 5) is 11.9. The van der Waals surface area contributed by atoms with Crippen LogP contribution in [0.4, 0.5) is 0 Å². The Balaban J connectivity index is 3.36. The highest BCUT2D eigenvalue weighted by Crippen LogP contribution is 2.33. The van der Waals surface area contributed by atoms with Gasteiger partial charge in [0, 0.05) is 16.5 Å². The first kappa shape index (κ1) is 13.2. The molecule has 0 saturated carbocycles. The molecule has 0 aliphatic carbocycles. The lowest BCUT2D eigenvalue weighted by Gasteiger charge is -2.14. The number of carbonyl (C=O) groups is 1. The minimum absolute atomic E-state index is 0.0347. The predicted octanol–water partition coefficient (Wildman–Crippen LogP) is 2.61. The summed E-state index contributed by atoms with van der Waals surface area (Å²) in [7, 11) is 1.58. The first-order valence-electron chi connectivity index (χ1n) is 5.09. The number of methoxy groups -OCH3 is 1. The fourth-order valence-corrected chi connectivity index (χ4v) is 2.23.